The van der Waals surface area contributed by atoms with Gasteiger partial charge in [-0.05, 0) is 18.4 Å². The minimum atomic E-state index is 0. The van der Waals surface area contributed by atoms with E-state index < -0.39 is 0 Å². The summed E-state index contributed by atoms with van der Waals surface area (Å²) in [5.74, 6) is 0.303. The number of hydrogen-bond acceptors (Lipinski definition) is 1. The Balaban J connectivity index is 0.000000751. The molecule has 134 valence electrons. The summed E-state index contributed by atoms with van der Waals surface area (Å²) >= 11 is 3.45. The molecule has 1 aliphatic rings. The molecule has 0 saturated carbocycles. The number of rotatable bonds is 10. The standard InChI is InChI=1S/C16H25BrO.C5H5.Fe/c17-14-10-6-4-2-1-3-5-7-13-16(18)15-11-8-9-12-15;1-2-4-5-3-1;/h8-9,11-12,18H,1-7,10,13-14H2;1-5H;/q;-1;+2/p-1. The average molecular weight is 433 g/mol. The van der Waals surface area contributed by atoms with E-state index in [9.17, 15) is 5.11 Å². The molecular formula is C21H29BrFeO. The Hall–Kier alpha value is -0.631. The first-order chi connectivity index (χ1) is 11.3. The number of unbranched alkanes of at least 4 members (excludes halogenated alkanes) is 7. The van der Waals surface area contributed by atoms with Gasteiger partial charge in [-0.15, -0.1) is 5.76 Å². The molecule has 0 aliphatic heterocycles. The first-order valence-electron chi connectivity index (χ1n) is 8.82. The van der Waals surface area contributed by atoms with Crippen LogP contribution in [0.2, 0.25) is 0 Å². The minimum absolute atomic E-state index is 0. The molecule has 1 aromatic carbocycles. The number of allylic oxidation sites excluding steroid dienone is 6. The third-order valence-electron chi connectivity index (χ3n) is 3.83. The van der Waals surface area contributed by atoms with Crippen LogP contribution in [0.4, 0.5) is 0 Å². The van der Waals surface area contributed by atoms with Crippen LogP contribution in [0, 0.1) is 0 Å². The molecule has 1 nitrogen and oxygen atoms in total. The van der Waals surface area contributed by atoms with Crippen LogP contribution in [0.1, 0.15) is 57.8 Å². The summed E-state index contributed by atoms with van der Waals surface area (Å²) in [6, 6.07) is 10.0. The number of hydrogen-bond donors (Lipinski definition) is 0. The molecule has 0 radical (unpaired) electrons. The van der Waals surface area contributed by atoms with Crippen molar-refractivity contribution in [2.45, 2.75) is 57.8 Å². The molecule has 0 fully saturated rings. The van der Waals surface area contributed by atoms with E-state index in [2.05, 4.69) is 15.9 Å². The van der Waals surface area contributed by atoms with Crippen molar-refractivity contribution in [3.05, 3.63) is 66.0 Å². The Bertz CT molecular complexity index is 429. The maximum atomic E-state index is 11.7. The number of alkyl halides is 1. The molecule has 0 heterocycles. The van der Waals surface area contributed by atoms with Crippen molar-refractivity contribution in [1.82, 2.24) is 0 Å². The van der Waals surface area contributed by atoms with Crippen molar-refractivity contribution in [3.63, 3.8) is 0 Å². The van der Waals surface area contributed by atoms with Gasteiger partial charge in [-0.1, -0.05) is 85.2 Å². The van der Waals surface area contributed by atoms with Gasteiger partial charge in [0.05, 0.1) is 0 Å². The van der Waals surface area contributed by atoms with Gasteiger partial charge in [-0.3, -0.25) is 0 Å². The average Bonchev–Trinajstić information content (AvgIpc) is 3.28. The van der Waals surface area contributed by atoms with Crippen LogP contribution in [-0.2, 0) is 17.1 Å². The first-order valence-corrected chi connectivity index (χ1v) is 9.94. The molecule has 1 aromatic rings. The molecule has 0 atom stereocenters. The second kappa shape index (κ2) is 17.2. The zero-order valence-corrected chi connectivity index (χ0v) is 17.1. The normalized spacial score (nSPS) is 11.8. The van der Waals surface area contributed by atoms with E-state index in [0.29, 0.717) is 12.2 Å². The Morgan fingerprint density at radius 2 is 1.33 bits per heavy atom. The molecule has 0 bridgehead atoms. The molecule has 0 spiro atoms. The zero-order chi connectivity index (χ0) is 16.6. The third kappa shape index (κ3) is 12.8. The smallest absolute Gasteiger partial charge is 0.875 e. The van der Waals surface area contributed by atoms with Crippen LogP contribution in [0.15, 0.2) is 66.0 Å². The largest absolute Gasteiger partial charge is 2.00 e. The van der Waals surface area contributed by atoms with Crippen molar-refractivity contribution in [2.24, 2.45) is 0 Å². The first kappa shape index (κ1) is 23.4. The van der Waals surface area contributed by atoms with E-state index >= 15 is 0 Å². The van der Waals surface area contributed by atoms with Gasteiger partial charge < -0.3 is 5.11 Å². The Morgan fingerprint density at radius 3 is 1.79 bits per heavy atom. The third-order valence-corrected chi connectivity index (χ3v) is 4.39. The van der Waals surface area contributed by atoms with E-state index in [1.165, 1.54) is 44.9 Å². The Morgan fingerprint density at radius 1 is 0.833 bits per heavy atom. The molecule has 0 N–H and O–H groups in total. The summed E-state index contributed by atoms with van der Waals surface area (Å²) in [5, 5.41) is 12.8. The van der Waals surface area contributed by atoms with Crippen molar-refractivity contribution < 1.29 is 22.2 Å². The van der Waals surface area contributed by atoms with E-state index in [1.807, 2.05) is 54.6 Å². The van der Waals surface area contributed by atoms with Crippen molar-refractivity contribution in [2.75, 3.05) is 5.33 Å². The van der Waals surface area contributed by atoms with Crippen LogP contribution in [0.3, 0.4) is 0 Å². The van der Waals surface area contributed by atoms with Crippen LogP contribution < -0.4 is 5.11 Å². The Labute approximate surface area is 166 Å². The monoisotopic (exact) mass is 432 g/mol. The van der Waals surface area contributed by atoms with E-state index in [0.717, 1.165) is 17.3 Å². The van der Waals surface area contributed by atoms with Crippen LogP contribution >= 0.6 is 15.9 Å². The van der Waals surface area contributed by atoms with Gasteiger partial charge in [0.15, 0.2) is 0 Å². The molecule has 0 amide bonds. The predicted octanol–water partition coefficient (Wildman–Crippen LogP) is 6.04. The minimum Gasteiger partial charge on any atom is -0.875 e. The summed E-state index contributed by atoms with van der Waals surface area (Å²) in [5.41, 5.74) is 0.879. The zero-order valence-electron chi connectivity index (χ0n) is 14.4. The molecule has 0 aromatic heterocycles. The van der Waals surface area contributed by atoms with Gasteiger partial charge in [0, 0.05) is 5.33 Å². The fourth-order valence-electron chi connectivity index (χ4n) is 2.47. The molecule has 3 heteroatoms. The predicted molar refractivity (Wildman–Crippen MR) is 103 cm³/mol. The second-order valence-corrected chi connectivity index (χ2v) is 6.62. The summed E-state index contributed by atoms with van der Waals surface area (Å²) < 4.78 is 0. The summed E-state index contributed by atoms with van der Waals surface area (Å²) in [6.45, 7) is 0. The van der Waals surface area contributed by atoms with Gasteiger partial charge in [0.2, 0.25) is 0 Å². The SMILES string of the molecule is [Fe+2].[O-]C(CCCCCCCCCCBr)=C1C=CC=C1.c1cc[cH-]c1. The van der Waals surface area contributed by atoms with Crippen molar-refractivity contribution >= 4 is 15.9 Å². The molecule has 0 unspecified atom stereocenters. The van der Waals surface area contributed by atoms with E-state index in [-0.39, 0.29) is 17.1 Å². The van der Waals surface area contributed by atoms with Crippen LogP contribution in [0.5, 0.6) is 0 Å². The van der Waals surface area contributed by atoms with Crippen LogP contribution in [0.25, 0.3) is 0 Å². The molecule has 1 aliphatic carbocycles. The number of halogens is 1. The van der Waals surface area contributed by atoms with Crippen LogP contribution in [-0.4, -0.2) is 5.33 Å². The second-order valence-electron chi connectivity index (χ2n) is 5.83. The van der Waals surface area contributed by atoms with E-state index in [4.69, 9.17) is 0 Å². The van der Waals surface area contributed by atoms with Crippen molar-refractivity contribution in [1.29, 1.82) is 0 Å². The fraction of sp³-hybridized carbons (Fsp3) is 0.476. The van der Waals surface area contributed by atoms with Gasteiger partial charge in [0.1, 0.15) is 0 Å². The van der Waals surface area contributed by atoms with Gasteiger partial charge in [-0.25, -0.2) is 12.1 Å². The quantitative estimate of drug-likeness (QED) is 0.145. The summed E-state index contributed by atoms with van der Waals surface area (Å²) in [4.78, 5) is 0. The molecular weight excluding hydrogens is 404 g/mol. The van der Waals surface area contributed by atoms with E-state index in [1.54, 1.807) is 0 Å². The summed E-state index contributed by atoms with van der Waals surface area (Å²) in [7, 11) is 0. The molecule has 2 rings (SSSR count). The fourth-order valence-corrected chi connectivity index (χ4v) is 2.86. The van der Waals surface area contributed by atoms with Crippen molar-refractivity contribution in [3.8, 4) is 0 Å². The topological polar surface area (TPSA) is 23.1 Å². The van der Waals surface area contributed by atoms with Gasteiger partial charge >= 0.3 is 17.1 Å². The maximum Gasteiger partial charge on any atom is 2.00 e. The Kier molecular flexibility index (Phi) is 16.7. The summed E-state index contributed by atoms with van der Waals surface area (Å²) in [6.07, 6.45) is 18.6. The maximum absolute atomic E-state index is 11.7. The molecule has 24 heavy (non-hydrogen) atoms. The molecule has 0 saturated heterocycles. The van der Waals surface area contributed by atoms with Gasteiger partial charge in [0.25, 0.3) is 0 Å². The van der Waals surface area contributed by atoms with Gasteiger partial charge in [-0.2, -0.15) is 18.2 Å².